The molecule has 0 radical (unpaired) electrons. The maximum atomic E-state index is 11.9. The SMILES string of the molecule is CCc1ccc(OCC(=O)N/N=C\c2sc(N3CCCCC3)nc2Cl)cc1. The zero-order valence-corrected chi connectivity index (χ0v) is 16.9. The lowest BCUT2D eigenvalue weighted by atomic mass is 10.1. The van der Waals surface area contributed by atoms with E-state index in [1.165, 1.54) is 42.4 Å². The van der Waals surface area contributed by atoms with Gasteiger partial charge in [-0.15, -0.1) is 0 Å². The number of aryl methyl sites for hydroxylation is 1. The zero-order valence-electron chi connectivity index (χ0n) is 15.3. The number of anilines is 1. The van der Waals surface area contributed by atoms with Crippen molar-refractivity contribution in [1.82, 2.24) is 10.4 Å². The Hall–Kier alpha value is -2.12. The molecule has 0 unspecified atom stereocenters. The van der Waals surface area contributed by atoms with Crippen LogP contribution in [0.4, 0.5) is 5.13 Å². The number of rotatable bonds is 7. The van der Waals surface area contributed by atoms with E-state index in [1.54, 1.807) is 0 Å². The van der Waals surface area contributed by atoms with Crippen molar-refractivity contribution in [1.29, 1.82) is 0 Å². The number of hydrogen-bond donors (Lipinski definition) is 1. The number of carbonyl (C=O) groups excluding carboxylic acids is 1. The molecule has 0 bridgehead atoms. The lowest BCUT2D eigenvalue weighted by Crippen LogP contribution is -2.29. The number of piperidine rings is 1. The van der Waals surface area contributed by atoms with E-state index in [1.807, 2.05) is 24.3 Å². The van der Waals surface area contributed by atoms with Crippen molar-refractivity contribution in [2.75, 3.05) is 24.6 Å². The van der Waals surface area contributed by atoms with E-state index in [2.05, 4.69) is 27.3 Å². The number of nitrogens with zero attached hydrogens (tertiary/aromatic N) is 3. The molecule has 144 valence electrons. The molecular weight excluding hydrogens is 384 g/mol. The second-order valence-electron chi connectivity index (χ2n) is 6.28. The molecule has 1 saturated heterocycles. The van der Waals surface area contributed by atoms with Gasteiger partial charge >= 0.3 is 0 Å². The van der Waals surface area contributed by atoms with Crippen LogP contribution < -0.4 is 15.1 Å². The molecule has 0 atom stereocenters. The van der Waals surface area contributed by atoms with Crippen LogP contribution in [0.3, 0.4) is 0 Å². The van der Waals surface area contributed by atoms with Gasteiger partial charge in [-0.05, 0) is 43.4 Å². The largest absolute Gasteiger partial charge is 0.484 e. The normalized spacial score (nSPS) is 14.5. The number of nitrogens with one attached hydrogen (secondary N) is 1. The molecule has 8 heteroatoms. The Morgan fingerprint density at radius 1 is 1.33 bits per heavy atom. The smallest absolute Gasteiger partial charge is 0.277 e. The first-order valence-electron chi connectivity index (χ1n) is 9.10. The highest BCUT2D eigenvalue weighted by Crippen LogP contribution is 2.30. The third kappa shape index (κ3) is 5.68. The van der Waals surface area contributed by atoms with Gasteiger partial charge in [0.1, 0.15) is 5.75 Å². The van der Waals surface area contributed by atoms with Crippen molar-refractivity contribution in [2.45, 2.75) is 32.6 Å². The van der Waals surface area contributed by atoms with Crippen LogP contribution in [0.2, 0.25) is 5.15 Å². The molecular formula is C19H23ClN4O2S. The summed E-state index contributed by atoms with van der Waals surface area (Å²) in [5, 5.41) is 5.28. The Morgan fingerprint density at radius 2 is 2.07 bits per heavy atom. The Kier molecular flexibility index (Phi) is 7.06. The quantitative estimate of drug-likeness (QED) is 0.559. The first-order chi connectivity index (χ1) is 13.2. The molecule has 1 aliphatic heterocycles. The van der Waals surface area contributed by atoms with Crippen molar-refractivity contribution in [3.8, 4) is 5.75 Å². The van der Waals surface area contributed by atoms with Gasteiger partial charge in [-0.2, -0.15) is 5.10 Å². The standard InChI is InChI=1S/C19H23ClN4O2S/c1-2-14-6-8-15(9-7-14)26-13-17(25)23-21-12-16-18(20)22-19(27-16)24-10-4-3-5-11-24/h6-9,12H,2-5,10-11,13H2,1H3,(H,23,25)/b21-12-. The summed E-state index contributed by atoms with van der Waals surface area (Å²) in [5.74, 6) is 0.325. The van der Waals surface area contributed by atoms with Gasteiger partial charge in [-0.3, -0.25) is 4.79 Å². The molecule has 0 spiro atoms. The second-order valence-corrected chi connectivity index (χ2v) is 7.65. The van der Waals surface area contributed by atoms with Crippen LogP contribution in [-0.2, 0) is 11.2 Å². The van der Waals surface area contributed by atoms with Crippen molar-refractivity contribution < 1.29 is 9.53 Å². The predicted octanol–water partition coefficient (Wildman–Crippen LogP) is 3.88. The average Bonchev–Trinajstić information content (AvgIpc) is 3.08. The summed E-state index contributed by atoms with van der Waals surface area (Å²) in [6.45, 7) is 4.01. The molecule has 1 N–H and O–H groups in total. The minimum atomic E-state index is -0.331. The summed E-state index contributed by atoms with van der Waals surface area (Å²) < 4.78 is 5.45. The van der Waals surface area contributed by atoms with E-state index in [0.29, 0.717) is 10.9 Å². The molecule has 2 aromatic rings. The van der Waals surface area contributed by atoms with Crippen molar-refractivity contribution in [2.24, 2.45) is 5.10 Å². The van der Waals surface area contributed by atoms with E-state index < -0.39 is 0 Å². The van der Waals surface area contributed by atoms with Gasteiger partial charge in [0, 0.05) is 13.1 Å². The molecule has 6 nitrogen and oxygen atoms in total. The van der Waals surface area contributed by atoms with Crippen LogP contribution in [0, 0.1) is 0 Å². The second kappa shape index (κ2) is 9.71. The van der Waals surface area contributed by atoms with Gasteiger partial charge in [-0.25, -0.2) is 10.4 Å². The fourth-order valence-electron chi connectivity index (χ4n) is 2.77. The number of thiazole rings is 1. The highest BCUT2D eigenvalue weighted by molar-refractivity contribution is 7.17. The minimum absolute atomic E-state index is 0.0989. The topological polar surface area (TPSA) is 66.8 Å². The molecule has 1 amide bonds. The summed E-state index contributed by atoms with van der Waals surface area (Å²) in [6, 6.07) is 7.68. The van der Waals surface area contributed by atoms with Crippen LogP contribution in [-0.4, -0.2) is 36.8 Å². The lowest BCUT2D eigenvalue weighted by molar-refractivity contribution is -0.123. The van der Waals surface area contributed by atoms with Gasteiger partial charge in [0.05, 0.1) is 11.1 Å². The van der Waals surface area contributed by atoms with Crippen LogP contribution >= 0.6 is 22.9 Å². The van der Waals surface area contributed by atoms with E-state index in [9.17, 15) is 4.79 Å². The number of ether oxygens (including phenoxy) is 1. The first kappa shape index (κ1) is 19.6. The molecule has 27 heavy (non-hydrogen) atoms. The number of amides is 1. The first-order valence-corrected chi connectivity index (χ1v) is 10.3. The maximum Gasteiger partial charge on any atom is 0.277 e. The summed E-state index contributed by atoms with van der Waals surface area (Å²) >= 11 is 7.67. The molecule has 1 aromatic heterocycles. The summed E-state index contributed by atoms with van der Waals surface area (Å²) in [4.78, 5) is 19.2. The highest BCUT2D eigenvalue weighted by Gasteiger charge is 2.16. The fourth-order valence-corrected chi connectivity index (χ4v) is 3.94. The van der Waals surface area contributed by atoms with E-state index in [-0.39, 0.29) is 12.5 Å². The number of halogens is 1. The van der Waals surface area contributed by atoms with E-state index in [0.717, 1.165) is 29.5 Å². The molecule has 1 fully saturated rings. The van der Waals surface area contributed by atoms with Gasteiger partial charge in [0.25, 0.3) is 5.91 Å². The summed E-state index contributed by atoms with van der Waals surface area (Å²) in [7, 11) is 0. The highest BCUT2D eigenvalue weighted by atomic mass is 35.5. The van der Waals surface area contributed by atoms with Crippen LogP contribution in [0.15, 0.2) is 29.4 Å². The number of hydrazone groups is 1. The molecule has 1 aromatic carbocycles. The van der Waals surface area contributed by atoms with Crippen LogP contribution in [0.5, 0.6) is 5.75 Å². The third-order valence-corrected chi connectivity index (χ3v) is 5.75. The Morgan fingerprint density at radius 3 is 2.78 bits per heavy atom. The Balaban J connectivity index is 1.47. The van der Waals surface area contributed by atoms with E-state index in [4.69, 9.17) is 16.3 Å². The van der Waals surface area contributed by atoms with Crippen molar-refractivity contribution >= 4 is 40.2 Å². The minimum Gasteiger partial charge on any atom is -0.484 e. The summed E-state index contributed by atoms with van der Waals surface area (Å²) in [5.41, 5.74) is 3.68. The molecule has 0 saturated carbocycles. The number of hydrogen-bond acceptors (Lipinski definition) is 6. The number of aromatic nitrogens is 1. The van der Waals surface area contributed by atoms with Gasteiger partial charge in [0.15, 0.2) is 16.9 Å². The van der Waals surface area contributed by atoms with Crippen LogP contribution in [0.25, 0.3) is 0 Å². The van der Waals surface area contributed by atoms with Gasteiger partial charge in [0.2, 0.25) is 0 Å². The lowest BCUT2D eigenvalue weighted by Gasteiger charge is -2.25. The number of carbonyl (C=O) groups is 1. The van der Waals surface area contributed by atoms with Gasteiger partial charge < -0.3 is 9.64 Å². The fraction of sp³-hybridized carbons (Fsp3) is 0.421. The van der Waals surface area contributed by atoms with Crippen molar-refractivity contribution in [3.63, 3.8) is 0 Å². The number of benzene rings is 1. The Labute approximate surface area is 168 Å². The van der Waals surface area contributed by atoms with Crippen molar-refractivity contribution in [3.05, 3.63) is 39.9 Å². The molecule has 2 heterocycles. The van der Waals surface area contributed by atoms with Crippen LogP contribution in [0.1, 0.15) is 36.6 Å². The van der Waals surface area contributed by atoms with E-state index >= 15 is 0 Å². The zero-order chi connectivity index (χ0) is 19.1. The monoisotopic (exact) mass is 406 g/mol. The maximum absolute atomic E-state index is 11.9. The summed E-state index contributed by atoms with van der Waals surface area (Å²) in [6.07, 6.45) is 6.12. The predicted molar refractivity (Wildman–Crippen MR) is 110 cm³/mol. The third-order valence-electron chi connectivity index (χ3n) is 4.30. The average molecular weight is 407 g/mol. The van der Waals surface area contributed by atoms with Gasteiger partial charge in [-0.1, -0.05) is 42.0 Å². The Bertz CT molecular complexity index is 786. The molecule has 3 rings (SSSR count). The molecule has 1 aliphatic rings. The molecule has 0 aliphatic carbocycles.